The van der Waals surface area contributed by atoms with Crippen molar-refractivity contribution in [1.82, 2.24) is 9.78 Å². The molecule has 1 aromatic rings. The number of nitrogens with zero attached hydrogens (tertiary/aromatic N) is 2. The van der Waals surface area contributed by atoms with Crippen LogP contribution in [0.2, 0.25) is 0 Å². The summed E-state index contributed by atoms with van der Waals surface area (Å²) >= 11 is 0. The van der Waals surface area contributed by atoms with Crippen molar-refractivity contribution >= 4 is 0 Å². The lowest BCUT2D eigenvalue weighted by Gasteiger charge is -2.37. The average molecular weight is 208 g/mol. The van der Waals surface area contributed by atoms with Gasteiger partial charge in [-0.3, -0.25) is 4.68 Å². The number of aromatic nitrogens is 2. The van der Waals surface area contributed by atoms with Crippen LogP contribution in [0.3, 0.4) is 0 Å². The Morgan fingerprint density at radius 2 is 2.20 bits per heavy atom. The third-order valence-corrected chi connectivity index (χ3v) is 3.90. The Labute approximate surface area is 91.1 Å². The molecule has 3 heteroatoms. The predicted molar refractivity (Wildman–Crippen MR) is 59.4 cm³/mol. The van der Waals surface area contributed by atoms with Crippen molar-refractivity contribution in [2.24, 2.45) is 5.41 Å². The van der Waals surface area contributed by atoms with Gasteiger partial charge in [0.05, 0.1) is 5.69 Å². The fraction of sp³-hybridized carbons (Fsp3) is 0.750. The van der Waals surface area contributed by atoms with Crippen molar-refractivity contribution in [2.75, 3.05) is 0 Å². The van der Waals surface area contributed by atoms with Crippen LogP contribution in [0.25, 0.3) is 0 Å². The molecule has 1 aromatic heterocycles. The first-order chi connectivity index (χ1) is 7.01. The van der Waals surface area contributed by atoms with E-state index in [0.717, 1.165) is 31.5 Å². The number of aryl methyl sites for hydroxylation is 1. The van der Waals surface area contributed by atoms with E-state index in [-0.39, 0.29) is 5.41 Å². The van der Waals surface area contributed by atoms with Crippen LogP contribution in [0.5, 0.6) is 0 Å². The molecule has 1 unspecified atom stereocenters. The van der Waals surface area contributed by atoms with Crippen molar-refractivity contribution in [2.45, 2.75) is 52.2 Å². The largest absolute Gasteiger partial charge is 0.383 e. The second-order valence-corrected chi connectivity index (χ2v) is 5.13. The van der Waals surface area contributed by atoms with Crippen LogP contribution in [0.15, 0.2) is 12.3 Å². The number of aliphatic hydroxyl groups is 1. The second kappa shape index (κ2) is 3.34. The highest BCUT2D eigenvalue weighted by molar-refractivity contribution is 5.18. The van der Waals surface area contributed by atoms with Gasteiger partial charge in [0.2, 0.25) is 0 Å². The molecule has 1 fully saturated rings. The zero-order valence-corrected chi connectivity index (χ0v) is 9.82. The molecule has 2 rings (SSSR count). The van der Waals surface area contributed by atoms with Gasteiger partial charge >= 0.3 is 0 Å². The van der Waals surface area contributed by atoms with E-state index in [4.69, 9.17) is 0 Å². The minimum Gasteiger partial charge on any atom is -0.383 e. The van der Waals surface area contributed by atoms with Crippen LogP contribution >= 0.6 is 0 Å². The molecule has 1 heterocycles. The molecule has 1 atom stereocenters. The highest BCUT2D eigenvalue weighted by Crippen LogP contribution is 2.51. The maximum atomic E-state index is 10.8. The second-order valence-electron chi connectivity index (χ2n) is 5.13. The van der Waals surface area contributed by atoms with E-state index in [2.05, 4.69) is 25.9 Å². The summed E-state index contributed by atoms with van der Waals surface area (Å²) in [6.07, 6.45) is 4.81. The minimum atomic E-state index is -0.695. The summed E-state index contributed by atoms with van der Waals surface area (Å²) in [5.41, 5.74) is 0.243. The van der Waals surface area contributed by atoms with Gasteiger partial charge in [-0.25, -0.2) is 0 Å². The summed E-state index contributed by atoms with van der Waals surface area (Å²) in [5.74, 6) is 0. The van der Waals surface area contributed by atoms with Crippen LogP contribution in [-0.4, -0.2) is 14.9 Å². The molecular weight excluding hydrogens is 188 g/mol. The molecule has 3 nitrogen and oxygen atoms in total. The van der Waals surface area contributed by atoms with E-state index in [9.17, 15) is 5.11 Å². The average Bonchev–Trinajstić information content (AvgIpc) is 2.72. The Morgan fingerprint density at radius 1 is 1.47 bits per heavy atom. The molecule has 0 bridgehead atoms. The predicted octanol–water partition coefficient (Wildman–Crippen LogP) is 2.30. The van der Waals surface area contributed by atoms with Gasteiger partial charge in [0, 0.05) is 12.7 Å². The van der Waals surface area contributed by atoms with E-state index < -0.39 is 5.60 Å². The molecule has 0 radical (unpaired) electrons. The molecule has 0 aromatic carbocycles. The third-order valence-electron chi connectivity index (χ3n) is 3.90. The Morgan fingerprint density at radius 3 is 2.73 bits per heavy atom. The van der Waals surface area contributed by atoms with Crippen LogP contribution in [-0.2, 0) is 12.1 Å². The number of hydrogen-bond acceptors (Lipinski definition) is 2. The van der Waals surface area contributed by atoms with Gasteiger partial charge in [0.25, 0.3) is 0 Å². The summed E-state index contributed by atoms with van der Waals surface area (Å²) < 4.78 is 1.91. The fourth-order valence-electron chi connectivity index (χ4n) is 2.74. The van der Waals surface area contributed by atoms with Gasteiger partial charge < -0.3 is 5.11 Å². The molecule has 0 spiro atoms. The quantitative estimate of drug-likeness (QED) is 0.809. The normalized spacial score (nSPS) is 29.6. The van der Waals surface area contributed by atoms with Gasteiger partial charge in [0.1, 0.15) is 5.60 Å². The minimum absolute atomic E-state index is 0.0417. The fourth-order valence-corrected chi connectivity index (χ4v) is 2.74. The summed E-state index contributed by atoms with van der Waals surface area (Å²) in [4.78, 5) is 0. The highest BCUT2D eigenvalue weighted by Gasteiger charge is 2.50. The maximum Gasteiger partial charge on any atom is 0.111 e. The Balaban J connectivity index is 2.45. The number of hydrogen-bond donors (Lipinski definition) is 1. The molecule has 84 valence electrons. The van der Waals surface area contributed by atoms with Gasteiger partial charge in [0.15, 0.2) is 0 Å². The lowest BCUT2D eigenvalue weighted by atomic mass is 9.76. The van der Waals surface area contributed by atoms with E-state index in [1.54, 1.807) is 6.20 Å². The Kier molecular flexibility index (Phi) is 2.38. The molecule has 1 aliphatic carbocycles. The van der Waals surface area contributed by atoms with Crippen molar-refractivity contribution in [3.8, 4) is 0 Å². The van der Waals surface area contributed by atoms with Crippen molar-refractivity contribution in [1.29, 1.82) is 0 Å². The maximum absolute atomic E-state index is 10.8. The zero-order valence-electron chi connectivity index (χ0n) is 9.82. The molecule has 1 N–H and O–H groups in total. The van der Waals surface area contributed by atoms with Gasteiger partial charge in [-0.05, 0) is 37.7 Å². The van der Waals surface area contributed by atoms with E-state index in [0.29, 0.717) is 0 Å². The van der Waals surface area contributed by atoms with Gasteiger partial charge in [-0.1, -0.05) is 13.8 Å². The van der Waals surface area contributed by atoms with Crippen LogP contribution < -0.4 is 0 Å². The first kappa shape index (κ1) is 10.7. The van der Waals surface area contributed by atoms with Crippen LogP contribution in [0.4, 0.5) is 0 Å². The molecule has 0 saturated heterocycles. The SMILES string of the molecule is CCn1nccc1C1(O)CCCC1(C)C. The van der Waals surface area contributed by atoms with Gasteiger partial charge in [-0.2, -0.15) is 5.10 Å². The molecule has 1 aliphatic rings. The molecule has 0 aliphatic heterocycles. The monoisotopic (exact) mass is 208 g/mol. The molecule has 0 amide bonds. The van der Waals surface area contributed by atoms with Gasteiger partial charge in [-0.15, -0.1) is 0 Å². The standard InChI is InChI=1S/C12H20N2O/c1-4-14-10(6-9-13-14)12(15)8-5-7-11(12,2)3/h6,9,15H,4-5,7-8H2,1-3H3. The Bertz CT molecular complexity index is 356. The van der Waals surface area contributed by atoms with E-state index in [1.807, 2.05) is 10.7 Å². The van der Waals surface area contributed by atoms with Crippen molar-refractivity contribution in [3.05, 3.63) is 18.0 Å². The van der Waals surface area contributed by atoms with E-state index in [1.165, 1.54) is 0 Å². The van der Waals surface area contributed by atoms with Crippen LogP contribution in [0, 0.1) is 5.41 Å². The molecular formula is C12H20N2O. The highest BCUT2D eigenvalue weighted by atomic mass is 16.3. The summed E-state index contributed by atoms with van der Waals surface area (Å²) in [7, 11) is 0. The first-order valence-electron chi connectivity index (χ1n) is 5.76. The lowest BCUT2D eigenvalue weighted by molar-refractivity contribution is -0.0556. The third kappa shape index (κ3) is 1.41. The molecule has 15 heavy (non-hydrogen) atoms. The van der Waals surface area contributed by atoms with Crippen molar-refractivity contribution < 1.29 is 5.11 Å². The smallest absolute Gasteiger partial charge is 0.111 e. The van der Waals surface area contributed by atoms with Crippen molar-refractivity contribution in [3.63, 3.8) is 0 Å². The lowest BCUT2D eigenvalue weighted by Crippen LogP contribution is -2.39. The molecule has 1 saturated carbocycles. The van der Waals surface area contributed by atoms with Crippen LogP contribution in [0.1, 0.15) is 45.7 Å². The number of rotatable bonds is 2. The Hall–Kier alpha value is -0.830. The summed E-state index contributed by atoms with van der Waals surface area (Å²) in [6, 6.07) is 1.95. The summed E-state index contributed by atoms with van der Waals surface area (Å²) in [5, 5.41) is 15.1. The first-order valence-corrected chi connectivity index (χ1v) is 5.76. The van der Waals surface area contributed by atoms with E-state index >= 15 is 0 Å². The topological polar surface area (TPSA) is 38.0 Å². The summed E-state index contributed by atoms with van der Waals surface area (Å²) in [6.45, 7) is 7.17. The zero-order chi connectivity index (χ0) is 11.1.